The number of likely N-dealkylation sites (tertiary alicyclic amines) is 1. The van der Waals surface area contributed by atoms with Crippen molar-refractivity contribution in [3.63, 3.8) is 0 Å². The summed E-state index contributed by atoms with van der Waals surface area (Å²) >= 11 is 0. The van der Waals surface area contributed by atoms with Gasteiger partial charge in [-0.2, -0.15) is 0 Å². The van der Waals surface area contributed by atoms with Crippen LogP contribution < -0.4 is 11.1 Å². The lowest BCUT2D eigenvalue weighted by Crippen LogP contribution is -2.31. The number of amides is 1. The van der Waals surface area contributed by atoms with E-state index in [2.05, 4.69) is 17.1 Å². The number of nitrogens with one attached hydrogen (secondary N) is 1. The van der Waals surface area contributed by atoms with E-state index in [1.54, 1.807) is 0 Å². The van der Waals surface area contributed by atoms with Crippen molar-refractivity contribution >= 4 is 11.6 Å². The van der Waals surface area contributed by atoms with Crippen LogP contribution in [0.5, 0.6) is 0 Å². The monoisotopic (exact) mass is 275 g/mol. The Morgan fingerprint density at radius 1 is 1.40 bits per heavy atom. The second-order valence-corrected chi connectivity index (χ2v) is 5.63. The van der Waals surface area contributed by atoms with Gasteiger partial charge in [-0.3, -0.25) is 9.69 Å². The van der Waals surface area contributed by atoms with Crippen molar-refractivity contribution in [2.45, 2.75) is 32.7 Å². The van der Waals surface area contributed by atoms with Crippen molar-refractivity contribution in [2.75, 3.05) is 25.0 Å². The van der Waals surface area contributed by atoms with Crippen LogP contribution in [-0.4, -0.2) is 30.4 Å². The number of rotatable bonds is 6. The first-order chi connectivity index (χ1) is 9.71. The molecule has 1 aliphatic heterocycles. The Labute approximate surface area is 121 Å². The van der Waals surface area contributed by atoms with E-state index in [0.717, 1.165) is 30.3 Å². The van der Waals surface area contributed by atoms with E-state index in [9.17, 15) is 4.79 Å². The molecule has 0 spiro atoms. The topological polar surface area (TPSA) is 58.4 Å². The maximum atomic E-state index is 12.0. The van der Waals surface area contributed by atoms with Gasteiger partial charge in [-0.1, -0.05) is 25.5 Å². The lowest BCUT2D eigenvalue weighted by molar-refractivity contribution is -0.117. The molecule has 1 saturated heterocycles. The van der Waals surface area contributed by atoms with Gasteiger partial charge in [-0.15, -0.1) is 0 Å². The van der Waals surface area contributed by atoms with Crippen molar-refractivity contribution in [2.24, 2.45) is 11.7 Å². The van der Waals surface area contributed by atoms with E-state index >= 15 is 0 Å². The summed E-state index contributed by atoms with van der Waals surface area (Å²) in [4.78, 5) is 14.3. The molecule has 1 aliphatic rings. The predicted molar refractivity (Wildman–Crippen MR) is 82.4 cm³/mol. The van der Waals surface area contributed by atoms with Crippen LogP contribution in [0.25, 0.3) is 0 Å². The zero-order chi connectivity index (χ0) is 14.4. The molecule has 1 fully saturated rings. The third-order valence-electron chi connectivity index (χ3n) is 3.91. The molecule has 20 heavy (non-hydrogen) atoms. The molecular formula is C16H25N3O. The van der Waals surface area contributed by atoms with Crippen molar-refractivity contribution in [3.8, 4) is 0 Å². The van der Waals surface area contributed by atoms with Crippen LogP contribution in [0.4, 0.5) is 5.69 Å². The molecule has 1 aromatic rings. The van der Waals surface area contributed by atoms with Crippen LogP contribution in [0.1, 0.15) is 31.7 Å². The maximum Gasteiger partial charge on any atom is 0.238 e. The highest BCUT2D eigenvalue weighted by Crippen LogP contribution is 2.20. The SMILES string of the molecule is CCCC1CCN(CC(=O)Nc2ccc(CN)cc2)C1. The first-order valence-electron chi connectivity index (χ1n) is 7.52. The van der Waals surface area contributed by atoms with E-state index in [4.69, 9.17) is 5.73 Å². The molecular weight excluding hydrogens is 250 g/mol. The molecule has 3 N–H and O–H groups in total. The number of carbonyl (C=O) groups excluding carboxylic acids is 1. The standard InChI is InChI=1S/C16H25N3O/c1-2-3-14-8-9-19(11-14)12-16(20)18-15-6-4-13(10-17)5-7-15/h4-7,14H,2-3,8-12,17H2,1H3,(H,18,20). The predicted octanol–water partition coefficient (Wildman–Crippen LogP) is 2.21. The average molecular weight is 275 g/mol. The fourth-order valence-corrected chi connectivity index (χ4v) is 2.83. The minimum Gasteiger partial charge on any atom is -0.326 e. The highest BCUT2D eigenvalue weighted by Gasteiger charge is 2.23. The number of anilines is 1. The molecule has 4 nitrogen and oxygen atoms in total. The molecule has 0 saturated carbocycles. The van der Waals surface area contributed by atoms with E-state index in [1.165, 1.54) is 19.3 Å². The van der Waals surface area contributed by atoms with Crippen LogP contribution >= 0.6 is 0 Å². The number of hydrogen-bond acceptors (Lipinski definition) is 3. The van der Waals surface area contributed by atoms with Gasteiger partial charge in [0.05, 0.1) is 6.54 Å². The van der Waals surface area contributed by atoms with Gasteiger partial charge in [0.15, 0.2) is 0 Å². The van der Waals surface area contributed by atoms with Crippen LogP contribution in [0.3, 0.4) is 0 Å². The third-order valence-corrected chi connectivity index (χ3v) is 3.91. The van der Waals surface area contributed by atoms with Gasteiger partial charge < -0.3 is 11.1 Å². The molecule has 1 atom stereocenters. The van der Waals surface area contributed by atoms with Gasteiger partial charge >= 0.3 is 0 Å². The summed E-state index contributed by atoms with van der Waals surface area (Å²) < 4.78 is 0. The van der Waals surface area contributed by atoms with E-state index in [1.807, 2.05) is 24.3 Å². The van der Waals surface area contributed by atoms with E-state index in [-0.39, 0.29) is 5.91 Å². The molecule has 0 radical (unpaired) electrons. The Kier molecular flexibility index (Phi) is 5.56. The summed E-state index contributed by atoms with van der Waals surface area (Å²) in [6, 6.07) is 7.71. The molecule has 4 heteroatoms. The van der Waals surface area contributed by atoms with Crippen molar-refractivity contribution < 1.29 is 4.79 Å². The third kappa shape index (κ3) is 4.32. The minimum atomic E-state index is 0.0719. The molecule has 0 bridgehead atoms. The molecule has 1 heterocycles. The summed E-state index contributed by atoms with van der Waals surface area (Å²) in [5, 5.41) is 2.95. The highest BCUT2D eigenvalue weighted by molar-refractivity contribution is 5.92. The van der Waals surface area contributed by atoms with Gasteiger partial charge in [0, 0.05) is 18.8 Å². The molecule has 1 amide bonds. The van der Waals surface area contributed by atoms with E-state index in [0.29, 0.717) is 13.1 Å². The van der Waals surface area contributed by atoms with Gasteiger partial charge in [0.25, 0.3) is 0 Å². The molecule has 1 aromatic carbocycles. The van der Waals surface area contributed by atoms with Crippen LogP contribution in [0.15, 0.2) is 24.3 Å². The van der Waals surface area contributed by atoms with Gasteiger partial charge in [-0.05, 0) is 43.0 Å². The largest absolute Gasteiger partial charge is 0.326 e. The Bertz CT molecular complexity index is 430. The van der Waals surface area contributed by atoms with Gasteiger partial charge in [0.2, 0.25) is 5.91 Å². The smallest absolute Gasteiger partial charge is 0.238 e. The Morgan fingerprint density at radius 2 is 2.15 bits per heavy atom. The first-order valence-corrected chi connectivity index (χ1v) is 7.52. The Hall–Kier alpha value is -1.39. The summed E-state index contributed by atoms with van der Waals surface area (Å²) in [6.45, 7) is 5.36. The van der Waals surface area contributed by atoms with Crippen LogP contribution in [0, 0.1) is 5.92 Å². The van der Waals surface area contributed by atoms with E-state index < -0.39 is 0 Å². The minimum absolute atomic E-state index is 0.0719. The average Bonchev–Trinajstić information content (AvgIpc) is 2.87. The Balaban J connectivity index is 1.77. The second kappa shape index (κ2) is 7.41. The Morgan fingerprint density at radius 3 is 2.80 bits per heavy atom. The first kappa shape index (κ1) is 15.0. The fraction of sp³-hybridized carbons (Fsp3) is 0.562. The zero-order valence-electron chi connectivity index (χ0n) is 12.3. The molecule has 1 unspecified atom stereocenters. The normalized spacial score (nSPS) is 19.2. The summed E-state index contributed by atoms with van der Waals surface area (Å²) in [6.07, 6.45) is 3.74. The van der Waals surface area contributed by atoms with Crippen LogP contribution in [-0.2, 0) is 11.3 Å². The zero-order valence-corrected chi connectivity index (χ0v) is 12.3. The lowest BCUT2D eigenvalue weighted by Gasteiger charge is -2.15. The molecule has 2 rings (SSSR count). The quantitative estimate of drug-likeness (QED) is 0.837. The number of benzene rings is 1. The van der Waals surface area contributed by atoms with Crippen molar-refractivity contribution in [1.29, 1.82) is 0 Å². The summed E-state index contributed by atoms with van der Waals surface area (Å²) in [5.74, 6) is 0.847. The second-order valence-electron chi connectivity index (χ2n) is 5.63. The maximum absolute atomic E-state index is 12.0. The number of carbonyl (C=O) groups is 1. The fourth-order valence-electron chi connectivity index (χ4n) is 2.83. The van der Waals surface area contributed by atoms with Crippen molar-refractivity contribution in [1.82, 2.24) is 4.90 Å². The van der Waals surface area contributed by atoms with Crippen molar-refractivity contribution in [3.05, 3.63) is 29.8 Å². The van der Waals surface area contributed by atoms with Gasteiger partial charge in [0.1, 0.15) is 0 Å². The highest BCUT2D eigenvalue weighted by atomic mass is 16.2. The molecule has 110 valence electrons. The molecule has 0 aliphatic carbocycles. The van der Waals surface area contributed by atoms with Crippen LogP contribution in [0.2, 0.25) is 0 Å². The number of nitrogens with zero attached hydrogens (tertiary/aromatic N) is 1. The summed E-state index contributed by atoms with van der Waals surface area (Å²) in [7, 11) is 0. The summed E-state index contributed by atoms with van der Waals surface area (Å²) in [5.41, 5.74) is 7.47. The molecule has 0 aromatic heterocycles. The number of hydrogen-bond donors (Lipinski definition) is 2. The van der Waals surface area contributed by atoms with Gasteiger partial charge in [-0.25, -0.2) is 0 Å². The lowest BCUT2D eigenvalue weighted by atomic mass is 10.0. The number of nitrogens with two attached hydrogens (primary N) is 1.